The molecule has 1 aliphatic carbocycles. The minimum Gasteiger partial charge on any atom is -0.302 e. The van der Waals surface area contributed by atoms with E-state index >= 15 is 0 Å². The van der Waals surface area contributed by atoms with Gasteiger partial charge < -0.3 is 4.90 Å². The van der Waals surface area contributed by atoms with Crippen LogP contribution in [0.15, 0.2) is 48.5 Å². The summed E-state index contributed by atoms with van der Waals surface area (Å²) in [5.74, 6) is 1.56. The Morgan fingerprint density at radius 2 is 1.85 bits per heavy atom. The van der Waals surface area contributed by atoms with E-state index in [2.05, 4.69) is 67.4 Å². The number of nitrogens with zero attached hydrogens (tertiary/aromatic N) is 1. The molecule has 0 amide bonds. The Hall–Kier alpha value is -1.69. The Kier molecular flexibility index (Phi) is 6.04. The third kappa shape index (κ3) is 5.18. The first-order valence-electron chi connectivity index (χ1n) is 9.48. The van der Waals surface area contributed by atoms with Gasteiger partial charge in [-0.3, -0.25) is 4.55 Å². The lowest BCUT2D eigenvalue weighted by atomic mass is 9.73. The summed E-state index contributed by atoms with van der Waals surface area (Å²) < 4.78 is 25.9. The third-order valence-electron chi connectivity index (χ3n) is 5.79. The fourth-order valence-electron chi connectivity index (χ4n) is 4.73. The Bertz CT molecular complexity index is 886. The lowest BCUT2D eigenvalue weighted by Gasteiger charge is -2.31. The standard InChI is InChI=1S/C21H25N.CH4O3S/c1-15-6-5-7-16(12-15)13-21-19-11-10-17-8-3-4-9-18(17)20(19)14-22(21)2;1-5(2,3)4/h3-9,12,19-21H,10-11,13-14H2,1-2H3;1H3,(H,2,3,4)/t19?,20-,21+;/m0./s1. The molecular weight excluding hydrogens is 358 g/mol. The quantitative estimate of drug-likeness (QED) is 0.798. The van der Waals surface area contributed by atoms with Crippen molar-refractivity contribution < 1.29 is 13.0 Å². The van der Waals surface area contributed by atoms with E-state index in [0.717, 1.165) is 11.8 Å². The van der Waals surface area contributed by atoms with Gasteiger partial charge in [0, 0.05) is 18.5 Å². The minimum atomic E-state index is -3.67. The first kappa shape index (κ1) is 20.1. The second-order valence-corrected chi connectivity index (χ2v) is 9.41. The van der Waals surface area contributed by atoms with Crippen LogP contribution in [0, 0.1) is 12.8 Å². The van der Waals surface area contributed by atoms with Crippen molar-refractivity contribution in [3.63, 3.8) is 0 Å². The van der Waals surface area contributed by atoms with Crippen LogP contribution >= 0.6 is 0 Å². The zero-order valence-electron chi connectivity index (χ0n) is 16.3. The van der Waals surface area contributed by atoms with E-state index in [1.807, 2.05) is 0 Å². The highest BCUT2D eigenvalue weighted by molar-refractivity contribution is 7.85. The summed E-state index contributed by atoms with van der Waals surface area (Å²) in [6, 6.07) is 18.9. The van der Waals surface area contributed by atoms with Crippen LogP contribution in [-0.2, 0) is 23.0 Å². The summed E-state index contributed by atoms with van der Waals surface area (Å²) in [6.07, 6.45) is 4.52. The molecule has 0 bridgehead atoms. The molecule has 0 saturated carbocycles. The molecule has 0 aromatic heterocycles. The zero-order chi connectivity index (χ0) is 19.6. The molecule has 0 radical (unpaired) electrons. The molecule has 1 heterocycles. The number of benzene rings is 2. The molecule has 3 atom stereocenters. The molecule has 1 unspecified atom stereocenters. The fraction of sp³-hybridized carbons (Fsp3) is 0.455. The van der Waals surface area contributed by atoms with Crippen molar-refractivity contribution in [3.8, 4) is 0 Å². The van der Waals surface area contributed by atoms with Crippen molar-refractivity contribution in [2.75, 3.05) is 19.8 Å². The minimum absolute atomic E-state index is 0.695. The molecule has 2 aliphatic rings. The van der Waals surface area contributed by atoms with Crippen molar-refractivity contribution in [1.29, 1.82) is 0 Å². The van der Waals surface area contributed by atoms with Crippen molar-refractivity contribution in [2.45, 2.75) is 38.1 Å². The number of likely N-dealkylation sites (N-methyl/N-ethyl adjacent to an activating group) is 1. The van der Waals surface area contributed by atoms with E-state index in [4.69, 9.17) is 4.55 Å². The van der Waals surface area contributed by atoms with E-state index in [1.165, 1.54) is 36.9 Å². The van der Waals surface area contributed by atoms with Crippen LogP contribution in [0.3, 0.4) is 0 Å². The Morgan fingerprint density at radius 1 is 1.15 bits per heavy atom. The average molecular weight is 388 g/mol. The molecule has 27 heavy (non-hydrogen) atoms. The predicted molar refractivity (Wildman–Crippen MR) is 110 cm³/mol. The number of rotatable bonds is 2. The molecule has 1 aliphatic heterocycles. The molecule has 4 rings (SSSR count). The van der Waals surface area contributed by atoms with Gasteiger partial charge in [0.1, 0.15) is 0 Å². The number of likely N-dealkylation sites (tertiary alicyclic amines) is 1. The normalized spacial score (nSPS) is 24.5. The topological polar surface area (TPSA) is 57.6 Å². The van der Waals surface area contributed by atoms with Crippen LogP contribution in [0.2, 0.25) is 0 Å². The van der Waals surface area contributed by atoms with Crippen molar-refractivity contribution in [2.24, 2.45) is 5.92 Å². The Balaban J connectivity index is 0.000000376. The first-order valence-corrected chi connectivity index (χ1v) is 11.3. The maximum Gasteiger partial charge on any atom is 0.261 e. The highest BCUT2D eigenvalue weighted by Crippen LogP contribution is 2.45. The second kappa shape index (κ2) is 8.13. The highest BCUT2D eigenvalue weighted by atomic mass is 32.2. The Labute approximate surface area is 163 Å². The van der Waals surface area contributed by atoms with Gasteiger partial charge in [-0.2, -0.15) is 8.42 Å². The second-order valence-electron chi connectivity index (χ2n) is 7.94. The Morgan fingerprint density at radius 3 is 2.56 bits per heavy atom. The zero-order valence-corrected chi connectivity index (χ0v) is 17.1. The van der Waals surface area contributed by atoms with E-state index < -0.39 is 10.1 Å². The van der Waals surface area contributed by atoms with E-state index in [9.17, 15) is 8.42 Å². The molecule has 1 N–H and O–H groups in total. The predicted octanol–water partition coefficient (Wildman–Crippen LogP) is 3.70. The molecule has 1 fully saturated rings. The average Bonchev–Trinajstić information content (AvgIpc) is 2.90. The summed E-state index contributed by atoms with van der Waals surface area (Å²) in [5.41, 5.74) is 6.09. The summed E-state index contributed by atoms with van der Waals surface area (Å²) in [7, 11) is -1.35. The fourth-order valence-corrected chi connectivity index (χ4v) is 4.73. The molecule has 5 heteroatoms. The monoisotopic (exact) mass is 387 g/mol. The molecule has 2 aromatic carbocycles. The van der Waals surface area contributed by atoms with Gasteiger partial charge in [-0.1, -0.05) is 54.1 Å². The maximum absolute atomic E-state index is 9.19. The number of fused-ring (bicyclic) bond motifs is 3. The van der Waals surface area contributed by atoms with Gasteiger partial charge in [-0.25, -0.2) is 0 Å². The van der Waals surface area contributed by atoms with Gasteiger partial charge in [0.2, 0.25) is 0 Å². The first-order chi connectivity index (χ1) is 12.7. The lowest BCUT2D eigenvalue weighted by Crippen LogP contribution is -2.32. The number of aryl methyl sites for hydroxylation is 2. The van der Waals surface area contributed by atoms with Gasteiger partial charge in [0.25, 0.3) is 10.1 Å². The van der Waals surface area contributed by atoms with Gasteiger partial charge in [0.05, 0.1) is 6.26 Å². The third-order valence-corrected chi connectivity index (χ3v) is 5.79. The van der Waals surface area contributed by atoms with Crippen LogP contribution in [-0.4, -0.2) is 43.8 Å². The van der Waals surface area contributed by atoms with Crippen LogP contribution in [0.5, 0.6) is 0 Å². The van der Waals surface area contributed by atoms with Crippen LogP contribution < -0.4 is 0 Å². The number of hydrogen-bond donors (Lipinski definition) is 1. The van der Waals surface area contributed by atoms with E-state index in [-0.39, 0.29) is 0 Å². The van der Waals surface area contributed by atoms with Crippen LogP contribution in [0.25, 0.3) is 0 Å². The lowest BCUT2D eigenvalue weighted by molar-refractivity contribution is 0.259. The summed E-state index contributed by atoms with van der Waals surface area (Å²) in [4.78, 5) is 2.61. The summed E-state index contributed by atoms with van der Waals surface area (Å²) in [5, 5.41) is 0. The van der Waals surface area contributed by atoms with E-state index in [0.29, 0.717) is 12.3 Å². The SMILES string of the molecule is CS(=O)(=O)O.Cc1cccc(C[C@@H]2C3CCc4ccccc4[C@@H]3CN2C)c1. The smallest absolute Gasteiger partial charge is 0.261 e. The molecule has 0 spiro atoms. The molecule has 4 nitrogen and oxygen atoms in total. The largest absolute Gasteiger partial charge is 0.302 e. The van der Waals surface area contributed by atoms with E-state index in [1.54, 1.807) is 11.1 Å². The molecule has 146 valence electrons. The molecule has 1 saturated heterocycles. The highest BCUT2D eigenvalue weighted by Gasteiger charge is 2.42. The van der Waals surface area contributed by atoms with Crippen molar-refractivity contribution >= 4 is 10.1 Å². The summed E-state index contributed by atoms with van der Waals surface area (Å²) >= 11 is 0. The van der Waals surface area contributed by atoms with Gasteiger partial charge in [-0.05, 0) is 55.8 Å². The maximum atomic E-state index is 9.19. The number of hydrogen-bond acceptors (Lipinski definition) is 3. The van der Waals surface area contributed by atoms with Gasteiger partial charge >= 0.3 is 0 Å². The molecular formula is C22H29NO3S. The van der Waals surface area contributed by atoms with Gasteiger partial charge in [0.15, 0.2) is 0 Å². The van der Waals surface area contributed by atoms with Crippen LogP contribution in [0.4, 0.5) is 0 Å². The summed E-state index contributed by atoms with van der Waals surface area (Å²) in [6.45, 7) is 3.42. The van der Waals surface area contributed by atoms with Gasteiger partial charge in [-0.15, -0.1) is 0 Å². The van der Waals surface area contributed by atoms with Crippen LogP contribution in [0.1, 0.15) is 34.6 Å². The van der Waals surface area contributed by atoms with Crippen molar-refractivity contribution in [1.82, 2.24) is 4.90 Å². The van der Waals surface area contributed by atoms with Crippen molar-refractivity contribution in [3.05, 3.63) is 70.8 Å². The molecule has 2 aromatic rings.